The average Bonchev–Trinajstić information content (AvgIpc) is 3.55. The van der Waals surface area contributed by atoms with Crippen molar-refractivity contribution in [3.05, 3.63) is 33.1 Å². The Morgan fingerprint density at radius 2 is 1.36 bits per heavy atom. The summed E-state index contributed by atoms with van der Waals surface area (Å²) in [7, 11) is -3.78. The predicted molar refractivity (Wildman–Crippen MR) is 193 cm³/mol. The second-order valence-corrected chi connectivity index (χ2v) is 15.6. The zero-order chi connectivity index (χ0) is 35.5. The van der Waals surface area contributed by atoms with E-state index in [1.807, 2.05) is 0 Å². The number of halogens is 1. The zero-order valence-corrected chi connectivity index (χ0v) is 31.5. The molecule has 7 atom stereocenters. The van der Waals surface area contributed by atoms with E-state index >= 15 is 0 Å². The highest BCUT2D eigenvalue weighted by atomic mass is 35.5. The summed E-state index contributed by atoms with van der Waals surface area (Å²) in [5, 5.41) is 40.9. The smallest absolute Gasteiger partial charge is 0.332 e. The Morgan fingerprint density at radius 3 is 1.94 bits per heavy atom. The van der Waals surface area contributed by atoms with Crippen LogP contribution in [0.2, 0.25) is 0 Å². The zero-order valence-electron chi connectivity index (χ0n) is 29.8. The highest BCUT2D eigenvalue weighted by Gasteiger charge is 2.46. The molecule has 0 spiro atoms. The second-order valence-electron chi connectivity index (χ2n) is 13.5. The molecule has 1 aromatic rings. The van der Waals surface area contributed by atoms with Crippen molar-refractivity contribution in [1.29, 1.82) is 0 Å². The lowest BCUT2D eigenvalue weighted by atomic mass is 10.0. The van der Waals surface area contributed by atoms with Gasteiger partial charge in [0.1, 0.15) is 18.3 Å². The maximum absolute atomic E-state index is 13.8. The van der Waals surface area contributed by atoms with Gasteiger partial charge in [-0.3, -0.25) is 14.3 Å². The molecule has 16 heteroatoms. The van der Waals surface area contributed by atoms with Gasteiger partial charge in [0, 0.05) is 45.1 Å². The molecule has 0 aromatic carbocycles. The number of ether oxygens (including phenoxy) is 2. The first-order chi connectivity index (χ1) is 23.6. The number of aromatic nitrogens is 2. The van der Waals surface area contributed by atoms with Gasteiger partial charge in [-0.05, 0) is 12.8 Å². The van der Waals surface area contributed by atoms with E-state index in [0.29, 0.717) is 24.2 Å². The van der Waals surface area contributed by atoms with Crippen LogP contribution in [0.15, 0.2) is 21.9 Å². The Morgan fingerprint density at radius 1 is 0.800 bits per heavy atom. The monoisotopic (exact) mass is 755 g/mol. The molecule has 5 N–H and O–H groups in total. The van der Waals surface area contributed by atoms with Gasteiger partial charge in [0.2, 0.25) is 0 Å². The Kier molecular flexibility index (Phi) is 22.5. The number of hydrogen-bond acceptors (Lipinski definition) is 12. The number of aliphatic hydroxyl groups excluding tert-OH is 4. The molecule has 292 valence electrons. The van der Waals surface area contributed by atoms with E-state index < -0.39 is 62.2 Å². The first-order valence-corrected chi connectivity index (χ1v) is 20.2. The number of unbranched alkanes of at least 4 members (excludes halogenated alkanes) is 13. The van der Waals surface area contributed by atoms with Crippen LogP contribution in [-0.2, 0) is 23.1 Å². The van der Waals surface area contributed by atoms with Gasteiger partial charge in [-0.25, -0.2) is 9.36 Å². The van der Waals surface area contributed by atoms with Gasteiger partial charge in [0.05, 0.1) is 31.6 Å². The van der Waals surface area contributed by atoms with Crippen LogP contribution in [-0.4, -0.2) is 118 Å². The van der Waals surface area contributed by atoms with E-state index in [9.17, 15) is 34.6 Å². The molecule has 2 aliphatic heterocycles. The molecule has 3 heterocycles. The average molecular weight is 756 g/mol. The fourth-order valence-electron chi connectivity index (χ4n) is 6.27. The van der Waals surface area contributed by atoms with Gasteiger partial charge in [0.15, 0.2) is 6.23 Å². The molecule has 50 heavy (non-hydrogen) atoms. The van der Waals surface area contributed by atoms with Crippen LogP contribution in [0.3, 0.4) is 0 Å². The molecule has 0 saturated carbocycles. The number of aliphatic hydroxyl groups is 4. The van der Waals surface area contributed by atoms with Crippen molar-refractivity contribution in [2.45, 2.75) is 140 Å². The molecule has 2 saturated heterocycles. The van der Waals surface area contributed by atoms with Crippen molar-refractivity contribution in [2.75, 3.05) is 52.2 Å². The minimum absolute atomic E-state index is 0. The number of H-pyrrole nitrogens is 1. The highest BCUT2D eigenvalue weighted by molar-refractivity contribution is 7.53. The number of nitrogens with one attached hydrogen (secondary N) is 1. The van der Waals surface area contributed by atoms with Crippen LogP contribution in [0.5, 0.6) is 0 Å². The molecular weight excluding hydrogens is 693 g/mol. The number of likely N-dealkylation sites (tertiary alicyclic amines) is 1. The van der Waals surface area contributed by atoms with Gasteiger partial charge in [0.25, 0.3) is 5.56 Å². The Hall–Kier alpha value is -1.16. The number of β-amino-alcohol motifs (C(OH)–C–C–N with tert-alkyl or cyclic N) is 2. The first-order valence-electron chi connectivity index (χ1n) is 18.5. The van der Waals surface area contributed by atoms with Crippen LogP contribution < -0.4 is 11.2 Å². The van der Waals surface area contributed by atoms with Gasteiger partial charge in [-0.1, -0.05) is 90.4 Å². The summed E-state index contributed by atoms with van der Waals surface area (Å²) in [6, 6.07) is 1.09. The molecule has 0 bridgehead atoms. The summed E-state index contributed by atoms with van der Waals surface area (Å²) in [5.41, 5.74) is -1.54. The summed E-state index contributed by atoms with van der Waals surface area (Å²) in [6.45, 7) is 3.64. The summed E-state index contributed by atoms with van der Waals surface area (Å²) in [5.74, 6) is 0. The highest BCUT2D eigenvalue weighted by Crippen LogP contribution is 2.49. The van der Waals surface area contributed by atoms with E-state index in [1.54, 1.807) is 4.90 Å². The topological polar surface area (TPSA) is 193 Å². The van der Waals surface area contributed by atoms with E-state index in [-0.39, 0.29) is 44.8 Å². The van der Waals surface area contributed by atoms with Crippen LogP contribution >= 0.6 is 20.0 Å². The van der Waals surface area contributed by atoms with Crippen molar-refractivity contribution in [3.8, 4) is 0 Å². The molecular formula is C34H63ClN3O11P. The van der Waals surface area contributed by atoms with Crippen molar-refractivity contribution in [3.63, 3.8) is 0 Å². The molecule has 2 fully saturated rings. The van der Waals surface area contributed by atoms with E-state index in [1.165, 1.54) is 77.0 Å². The van der Waals surface area contributed by atoms with Crippen molar-refractivity contribution in [1.82, 2.24) is 14.5 Å². The van der Waals surface area contributed by atoms with Crippen LogP contribution in [0, 0.1) is 0 Å². The van der Waals surface area contributed by atoms with Crippen molar-refractivity contribution >= 4 is 20.0 Å². The molecule has 1 unspecified atom stereocenters. The van der Waals surface area contributed by atoms with E-state index in [4.69, 9.17) is 18.5 Å². The first kappa shape index (κ1) is 45.0. The fraction of sp³-hybridized carbons (Fsp3) is 0.882. The number of hydrogen-bond donors (Lipinski definition) is 5. The third-order valence-electron chi connectivity index (χ3n) is 9.30. The number of rotatable bonds is 27. The van der Waals surface area contributed by atoms with Gasteiger partial charge >= 0.3 is 13.3 Å². The third kappa shape index (κ3) is 15.8. The second kappa shape index (κ2) is 25.0. The summed E-state index contributed by atoms with van der Waals surface area (Å²) in [6.07, 6.45) is 12.1. The normalized spacial score (nSPS) is 25.1. The lowest BCUT2D eigenvalue weighted by Crippen LogP contribution is -2.42. The summed E-state index contributed by atoms with van der Waals surface area (Å²) in [4.78, 5) is 28.5. The van der Waals surface area contributed by atoms with Gasteiger partial charge < -0.3 is 43.9 Å². The minimum Gasteiger partial charge on any atom is -0.389 e. The fourth-order valence-corrected chi connectivity index (χ4v) is 7.91. The quantitative estimate of drug-likeness (QED) is 0.0647. The van der Waals surface area contributed by atoms with Crippen LogP contribution in [0.1, 0.15) is 109 Å². The molecule has 14 nitrogen and oxygen atoms in total. The summed E-state index contributed by atoms with van der Waals surface area (Å²) >= 11 is 0. The molecule has 2 aliphatic rings. The largest absolute Gasteiger partial charge is 0.389 e. The Labute approximate surface area is 302 Å². The SMILES string of the molecule is CCCCCCCCCCCCCCCCOCCCOP(=O)(CCN1C[C@@H](O)[C@H](O)C1)OC[C@H]1O[C@@H](n2c(=O)cc[nH]c2=O)[C@H](O)[C@@H]1O.Cl. The molecule has 3 rings (SSSR count). The van der Waals surface area contributed by atoms with Gasteiger partial charge in [-0.15, -0.1) is 12.4 Å². The lowest BCUT2D eigenvalue weighted by molar-refractivity contribution is -0.0546. The van der Waals surface area contributed by atoms with E-state index in [0.717, 1.165) is 25.1 Å². The number of nitrogens with zero attached hydrogens (tertiary/aromatic N) is 2. The molecule has 0 amide bonds. The standard InChI is InChI=1S/C34H62N3O11P.ClH/c1-2-3-4-5-6-7-8-9-10-11-12-13-14-15-20-45-21-16-22-46-49(44,23-19-36-24-27(38)28(39)25-36)47-26-29-31(41)32(42)33(48-29)37-30(40)17-18-35-34(37)43;/h17-18,27-29,31-33,38-39,41-42H,2-16,19-26H2,1H3,(H,35,43);1H/t27-,28-,29-,31-,32-,33-,49?;/m1./s1. The van der Waals surface area contributed by atoms with Crippen molar-refractivity contribution < 1.29 is 43.5 Å². The van der Waals surface area contributed by atoms with Gasteiger partial charge in [-0.2, -0.15) is 0 Å². The maximum Gasteiger partial charge on any atom is 0.332 e. The maximum atomic E-state index is 13.8. The minimum atomic E-state index is -3.78. The molecule has 1 aromatic heterocycles. The predicted octanol–water partition coefficient (Wildman–Crippen LogP) is 3.73. The van der Waals surface area contributed by atoms with Crippen LogP contribution in [0.25, 0.3) is 0 Å². The van der Waals surface area contributed by atoms with Crippen molar-refractivity contribution in [2.24, 2.45) is 0 Å². The van der Waals surface area contributed by atoms with E-state index in [2.05, 4.69) is 11.9 Å². The lowest BCUT2D eigenvalue weighted by Gasteiger charge is -2.24. The Balaban J connectivity index is 0.00000867. The molecule has 0 radical (unpaired) electrons. The number of aromatic amines is 1. The molecule has 0 aliphatic carbocycles. The van der Waals surface area contributed by atoms with Crippen LogP contribution in [0.4, 0.5) is 0 Å². The summed E-state index contributed by atoms with van der Waals surface area (Å²) < 4.78 is 37.2. The Bertz CT molecular complexity index is 1170. The third-order valence-corrected chi connectivity index (χ3v) is 11.2.